The van der Waals surface area contributed by atoms with Gasteiger partial charge >= 0.3 is 5.97 Å². The van der Waals surface area contributed by atoms with Crippen molar-refractivity contribution >= 4 is 23.2 Å². The summed E-state index contributed by atoms with van der Waals surface area (Å²) in [6.07, 6.45) is 1.50. The number of aromatic carboxylic acids is 1. The normalized spacial score (nSPS) is 12.1. The minimum absolute atomic E-state index is 0.0370. The van der Waals surface area contributed by atoms with Crippen LogP contribution in [0.15, 0.2) is 11.6 Å². The zero-order valence-electron chi connectivity index (χ0n) is 11.2. The summed E-state index contributed by atoms with van der Waals surface area (Å²) in [5.74, 6) is -1.50. The second-order valence-electron chi connectivity index (χ2n) is 4.23. The highest BCUT2D eigenvalue weighted by Crippen LogP contribution is 2.18. The van der Waals surface area contributed by atoms with E-state index in [0.29, 0.717) is 18.1 Å². The third-order valence-corrected chi connectivity index (χ3v) is 3.62. The number of amides is 1. The number of aromatic nitrogens is 4. The fourth-order valence-electron chi connectivity index (χ4n) is 1.56. The van der Waals surface area contributed by atoms with Gasteiger partial charge in [-0.05, 0) is 6.92 Å². The molecular weight excluding hydrogens is 296 g/mol. The predicted molar refractivity (Wildman–Crippen MR) is 74.0 cm³/mol. The van der Waals surface area contributed by atoms with E-state index in [1.54, 1.807) is 6.92 Å². The van der Waals surface area contributed by atoms with Crippen molar-refractivity contribution in [3.8, 4) is 0 Å². The quantitative estimate of drug-likeness (QED) is 0.676. The molecule has 0 spiro atoms. The molecule has 21 heavy (non-hydrogen) atoms. The zero-order chi connectivity index (χ0) is 15.4. The van der Waals surface area contributed by atoms with Gasteiger partial charge in [-0.3, -0.25) is 9.48 Å². The van der Waals surface area contributed by atoms with Gasteiger partial charge in [0, 0.05) is 11.9 Å². The molecule has 0 aliphatic carbocycles. The van der Waals surface area contributed by atoms with Gasteiger partial charge < -0.3 is 16.2 Å². The number of carbonyl (C=O) groups excluding carboxylic acids is 1. The number of nitrogens with zero attached hydrogens (tertiary/aromatic N) is 4. The fourth-order valence-corrected chi connectivity index (χ4v) is 2.36. The molecule has 0 aliphatic heterocycles. The third-order valence-electron chi connectivity index (χ3n) is 2.59. The van der Waals surface area contributed by atoms with Crippen molar-refractivity contribution in [2.45, 2.75) is 19.5 Å². The summed E-state index contributed by atoms with van der Waals surface area (Å²) >= 11 is 1.17. The highest BCUT2D eigenvalue weighted by atomic mass is 32.1. The molecule has 4 N–H and O–H groups in total. The van der Waals surface area contributed by atoms with Gasteiger partial charge in [0.05, 0.1) is 18.8 Å². The number of hydrogen-bond acceptors (Lipinski definition) is 7. The molecule has 1 unspecified atom stereocenters. The Morgan fingerprint density at radius 2 is 2.29 bits per heavy atom. The van der Waals surface area contributed by atoms with Crippen molar-refractivity contribution < 1.29 is 14.7 Å². The molecule has 0 saturated carbocycles. The van der Waals surface area contributed by atoms with Crippen molar-refractivity contribution in [2.24, 2.45) is 5.73 Å². The first kappa shape index (κ1) is 15.1. The third kappa shape index (κ3) is 3.61. The molecule has 1 atom stereocenters. The molecule has 2 rings (SSSR count). The van der Waals surface area contributed by atoms with Crippen molar-refractivity contribution in [3.05, 3.63) is 28.0 Å². The van der Waals surface area contributed by atoms with Crippen LogP contribution in [0, 0.1) is 0 Å². The standard InChI is InChI=1S/C11H14N6O3S/c1-6(10-14-8(5-21-10)11(19)20)13-9(18)7-4-17(3-2-12)16-15-7/h4-6H,2-3,12H2,1H3,(H,13,18)(H,19,20). The number of nitrogens with two attached hydrogens (primary N) is 1. The van der Waals surface area contributed by atoms with E-state index >= 15 is 0 Å². The minimum atomic E-state index is -1.10. The van der Waals surface area contributed by atoms with Gasteiger partial charge in [0.25, 0.3) is 5.91 Å². The first-order valence-electron chi connectivity index (χ1n) is 6.11. The van der Waals surface area contributed by atoms with Crippen LogP contribution in [0.4, 0.5) is 0 Å². The van der Waals surface area contributed by atoms with Gasteiger partial charge in [0.1, 0.15) is 5.01 Å². The molecule has 10 heteroatoms. The average molecular weight is 310 g/mol. The van der Waals surface area contributed by atoms with E-state index in [1.807, 2.05) is 0 Å². The number of nitrogens with one attached hydrogen (secondary N) is 1. The Kier molecular flexibility index (Phi) is 4.60. The fraction of sp³-hybridized carbons (Fsp3) is 0.364. The van der Waals surface area contributed by atoms with Gasteiger partial charge in [-0.15, -0.1) is 16.4 Å². The van der Waals surface area contributed by atoms with Gasteiger partial charge in [-0.1, -0.05) is 5.21 Å². The van der Waals surface area contributed by atoms with E-state index in [4.69, 9.17) is 10.8 Å². The Balaban J connectivity index is 2.01. The molecule has 112 valence electrons. The van der Waals surface area contributed by atoms with Crippen LogP contribution in [0.2, 0.25) is 0 Å². The first-order valence-corrected chi connectivity index (χ1v) is 6.99. The van der Waals surface area contributed by atoms with Crippen molar-refractivity contribution in [3.63, 3.8) is 0 Å². The summed E-state index contributed by atoms with van der Waals surface area (Å²) in [6, 6.07) is -0.421. The second-order valence-corrected chi connectivity index (χ2v) is 5.12. The van der Waals surface area contributed by atoms with Crippen LogP contribution >= 0.6 is 11.3 Å². The number of carbonyl (C=O) groups is 2. The van der Waals surface area contributed by atoms with E-state index < -0.39 is 17.9 Å². The maximum atomic E-state index is 12.0. The molecule has 0 radical (unpaired) electrons. The molecule has 2 aromatic rings. The molecule has 1 amide bonds. The van der Waals surface area contributed by atoms with Crippen LogP contribution in [-0.4, -0.2) is 43.5 Å². The molecule has 9 nitrogen and oxygen atoms in total. The predicted octanol–water partition coefficient (Wildman–Crippen LogP) is -0.117. The SMILES string of the molecule is CC(NC(=O)c1cn(CCN)nn1)c1nc(C(=O)O)cs1. The van der Waals surface area contributed by atoms with Gasteiger partial charge in [-0.25, -0.2) is 9.78 Å². The summed E-state index contributed by atoms with van der Waals surface area (Å²) in [4.78, 5) is 26.7. The highest BCUT2D eigenvalue weighted by Gasteiger charge is 2.18. The Hall–Kier alpha value is -2.33. The summed E-state index contributed by atoms with van der Waals surface area (Å²) in [7, 11) is 0. The van der Waals surface area contributed by atoms with Crippen LogP contribution in [-0.2, 0) is 6.54 Å². The monoisotopic (exact) mass is 310 g/mol. The van der Waals surface area contributed by atoms with Crippen LogP contribution in [0.1, 0.15) is 39.0 Å². The number of carboxylic acids is 1. The van der Waals surface area contributed by atoms with Crippen LogP contribution in [0.25, 0.3) is 0 Å². The highest BCUT2D eigenvalue weighted by molar-refractivity contribution is 7.09. The molecule has 0 aromatic carbocycles. The van der Waals surface area contributed by atoms with Crippen molar-refractivity contribution in [2.75, 3.05) is 6.54 Å². The summed E-state index contributed by atoms with van der Waals surface area (Å²) in [6.45, 7) is 2.59. The number of thiazole rings is 1. The Morgan fingerprint density at radius 1 is 1.52 bits per heavy atom. The van der Waals surface area contributed by atoms with E-state index in [2.05, 4.69) is 20.6 Å². The zero-order valence-corrected chi connectivity index (χ0v) is 12.0. The minimum Gasteiger partial charge on any atom is -0.476 e. The van der Waals surface area contributed by atoms with Crippen LogP contribution in [0.3, 0.4) is 0 Å². The van der Waals surface area contributed by atoms with Crippen molar-refractivity contribution in [1.82, 2.24) is 25.3 Å². The van der Waals surface area contributed by atoms with E-state index in [9.17, 15) is 9.59 Å². The maximum Gasteiger partial charge on any atom is 0.355 e. The largest absolute Gasteiger partial charge is 0.476 e. The smallest absolute Gasteiger partial charge is 0.355 e. The maximum absolute atomic E-state index is 12.0. The average Bonchev–Trinajstić information content (AvgIpc) is 3.07. The molecule has 0 aliphatic rings. The number of hydrogen-bond donors (Lipinski definition) is 3. The summed E-state index contributed by atoms with van der Waals surface area (Å²) in [5.41, 5.74) is 5.52. The number of rotatable bonds is 6. The van der Waals surface area contributed by atoms with Gasteiger partial charge in [0.2, 0.25) is 0 Å². The van der Waals surface area contributed by atoms with Gasteiger partial charge in [-0.2, -0.15) is 0 Å². The van der Waals surface area contributed by atoms with Gasteiger partial charge in [0.15, 0.2) is 11.4 Å². The lowest BCUT2D eigenvalue weighted by Gasteiger charge is -2.09. The lowest BCUT2D eigenvalue weighted by molar-refractivity contribution is 0.0691. The molecule has 0 fully saturated rings. The molecule has 2 aromatic heterocycles. The molecular formula is C11H14N6O3S. The van der Waals surface area contributed by atoms with Crippen LogP contribution in [0.5, 0.6) is 0 Å². The Labute approximate surface area is 123 Å². The van der Waals surface area contributed by atoms with Crippen LogP contribution < -0.4 is 11.1 Å². The number of carboxylic acid groups (broad SMARTS) is 1. The Morgan fingerprint density at radius 3 is 2.90 bits per heavy atom. The topological polar surface area (TPSA) is 136 Å². The summed E-state index contributed by atoms with van der Waals surface area (Å²) in [5, 5.41) is 21.0. The summed E-state index contributed by atoms with van der Waals surface area (Å²) < 4.78 is 1.48. The lowest BCUT2D eigenvalue weighted by Crippen LogP contribution is -2.27. The van der Waals surface area contributed by atoms with E-state index in [1.165, 1.54) is 27.6 Å². The second kappa shape index (κ2) is 6.41. The Bertz CT molecular complexity index is 652. The first-order chi connectivity index (χ1) is 10.0. The lowest BCUT2D eigenvalue weighted by atomic mass is 10.3. The molecule has 0 bridgehead atoms. The molecule has 2 heterocycles. The van der Waals surface area contributed by atoms with Crippen molar-refractivity contribution in [1.29, 1.82) is 0 Å². The molecule has 0 saturated heterocycles. The van der Waals surface area contributed by atoms with E-state index in [0.717, 1.165) is 0 Å². The van der Waals surface area contributed by atoms with E-state index in [-0.39, 0.29) is 11.4 Å².